The van der Waals surface area contributed by atoms with Crippen LogP contribution in [-0.4, -0.2) is 13.0 Å². The van der Waals surface area contributed by atoms with E-state index in [-0.39, 0.29) is 11.8 Å². The summed E-state index contributed by atoms with van der Waals surface area (Å²) in [6.07, 6.45) is 0. The van der Waals surface area contributed by atoms with Crippen molar-refractivity contribution in [2.45, 2.75) is 19.8 Å². The Bertz CT molecular complexity index is 571. The molecule has 17 heavy (non-hydrogen) atoms. The van der Waals surface area contributed by atoms with Gasteiger partial charge in [0, 0.05) is 10.9 Å². The predicted octanol–water partition coefficient (Wildman–Crippen LogP) is 2.34. The maximum absolute atomic E-state index is 11.3. The van der Waals surface area contributed by atoms with Crippen molar-refractivity contribution in [1.82, 2.24) is 0 Å². The molecule has 1 heterocycles. The molecule has 4 heteroatoms. The number of benzene rings is 1. The first kappa shape index (κ1) is 11.5. The molecule has 1 atom stereocenters. The maximum atomic E-state index is 11.3. The van der Waals surface area contributed by atoms with Crippen molar-refractivity contribution in [2.75, 3.05) is 7.11 Å². The maximum Gasteiger partial charge on any atom is 0.224 e. The van der Waals surface area contributed by atoms with Crippen LogP contribution in [0.3, 0.4) is 0 Å². The Morgan fingerprint density at radius 2 is 2.18 bits per heavy atom. The molecule has 2 N–H and O–H groups in total. The van der Waals surface area contributed by atoms with Crippen molar-refractivity contribution >= 4 is 16.9 Å². The minimum absolute atomic E-state index is 0.362. The lowest BCUT2D eigenvalue weighted by molar-refractivity contribution is -0.119. The fourth-order valence-corrected chi connectivity index (χ4v) is 2.03. The average molecular weight is 233 g/mol. The second-order valence-electron chi connectivity index (χ2n) is 4.06. The molecule has 2 aromatic rings. The van der Waals surface area contributed by atoms with Crippen LogP contribution in [0.25, 0.3) is 11.0 Å². The molecule has 0 aliphatic heterocycles. The summed E-state index contributed by atoms with van der Waals surface area (Å²) in [7, 11) is 1.60. The third kappa shape index (κ3) is 1.86. The van der Waals surface area contributed by atoms with E-state index in [1.54, 1.807) is 14.0 Å². The molecule has 1 unspecified atom stereocenters. The highest BCUT2D eigenvalue weighted by atomic mass is 16.5. The van der Waals surface area contributed by atoms with Gasteiger partial charge in [-0.25, -0.2) is 0 Å². The van der Waals surface area contributed by atoms with E-state index in [1.807, 2.05) is 25.1 Å². The molecular weight excluding hydrogens is 218 g/mol. The number of hydrogen-bond acceptors (Lipinski definition) is 3. The molecule has 1 aromatic heterocycles. The number of fused-ring (bicyclic) bond motifs is 1. The number of hydrogen-bond donors (Lipinski definition) is 1. The zero-order valence-corrected chi connectivity index (χ0v) is 10.1. The van der Waals surface area contributed by atoms with Gasteiger partial charge >= 0.3 is 0 Å². The third-order valence-corrected chi connectivity index (χ3v) is 2.98. The molecule has 0 fully saturated rings. The van der Waals surface area contributed by atoms with Crippen LogP contribution in [0.4, 0.5) is 0 Å². The Labute approximate surface area is 99.3 Å². The van der Waals surface area contributed by atoms with Crippen LogP contribution in [0.5, 0.6) is 5.75 Å². The van der Waals surface area contributed by atoms with Gasteiger partial charge in [0.2, 0.25) is 5.91 Å². The number of rotatable bonds is 3. The van der Waals surface area contributed by atoms with Gasteiger partial charge in [-0.2, -0.15) is 0 Å². The molecule has 90 valence electrons. The first-order valence-corrected chi connectivity index (χ1v) is 5.41. The summed E-state index contributed by atoms with van der Waals surface area (Å²) in [6, 6.07) is 5.52. The minimum atomic E-state index is -0.372. The molecule has 4 nitrogen and oxygen atoms in total. The molecule has 0 bridgehead atoms. The first-order chi connectivity index (χ1) is 8.04. The van der Waals surface area contributed by atoms with E-state index >= 15 is 0 Å². The molecule has 2 rings (SSSR count). The number of ether oxygens (including phenoxy) is 1. The van der Waals surface area contributed by atoms with E-state index in [2.05, 4.69) is 0 Å². The van der Waals surface area contributed by atoms with Gasteiger partial charge < -0.3 is 14.9 Å². The average Bonchev–Trinajstić information content (AvgIpc) is 2.62. The summed E-state index contributed by atoms with van der Waals surface area (Å²) in [5.41, 5.74) is 6.93. The highest BCUT2D eigenvalue weighted by molar-refractivity contribution is 5.91. The van der Waals surface area contributed by atoms with Crippen LogP contribution in [-0.2, 0) is 4.79 Å². The number of methoxy groups -OCH3 is 1. The summed E-state index contributed by atoms with van der Waals surface area (Å²) < 4.78 is 10.8. The van der Waals surface area contributed by atoms with E-state index in [4.69, 9.17) is 14.9 Å². The van der Waals surface area contributed by atoms with Gasteiger partial charge in [-0.1, -0.05) is 0 Å². The summed E-state index contributed by atoms with van der Waals surface area (Å²) in [6.45, 7) is 3.61. The Morgan fingerprint density at radius 1 is 1.47 bits per heavy atom. The monoisotopic (exact) mass is 233 g/mol. The van der Waals surface area contributed by atoms with Gasteiger partial charge in [0.15, 0.2) is 0 Å². The van der Waals surface area contributed by atoms with Crippen molar-refractivity contribution in [3.8, 4) is 5.75 Å². The highest BCUT2D eigenvalue weighted by Crippen LogP contribution is 2.33. The van der Waals surface area contributed by atoms with Gasteiger partial charge in [-0.05, 0) is 32.0 Å². The van der Waals surface area contributed by atoms with Crippen LogP contribution in [0.1, 0.15) is 24.2 Å². The van der Waals surface area contributed by atoms with Crippen molar-refractivity contribution in [3.05, 3.63) is 29.5 Å². The summed E-state index contributed by atoms with van der Waals surface area (Å²) in [4.78, 5) is 11.3. The van der Waals surface area contributed by atoms with Gasteiger partial charge in [0.25, 0.3) is 0 Å². The fourth-order valence-electron chi connectivity index (χ4n) is 2.03. The smallest absolute Gasteiger partial charge is 0.224 e. The molecule has 0 saturated heterocycles. The van der Waals surface area contributed by atoms with Crippen molar-refractivity contribution in [1.29, 1.82) is 0 Å². The predicted molar refractivity (Wildman–Crippen MR) is 65.1 cm³/mol. The SMILES string of the molecule is COc1ccc2oc(C)c(C(C)C(N)=O)c2c1. The number of primary amides is 1. The number of furan rings is 1. The van der Waals surface area contributed by atoms with Crippen molar-refractivity contribution < 1.29 is 13.9 Å². The van der Waals surface area contributed by atoms with Gasteiger partial charge in [0.1, 0.15) is 17.1 Å². The quantitative estimate of drug-likeness (QED) is 0.884. The van der Waals surface area contributed by atoms with Gasteiger partial charge in [-0.15, -0.1) is 0 Å². The number of nitrogens with two attached hydrogens (primary N) is 1. The Balaban J connectivity index is 2.68. The minimum Gasteiger partial charge on any atom is -0.497 e. The van der Waals surface area contributed by atoms with E-state index in [9.17, 15) is 4.79 Å². The fraction of sp³-hybridized carbons (Fsp3) is 0.308. The highest BCUT2D eigenvalue weighted by Gasteiger charge is 2.21. The largest absolute Gasteiger partial charge is 0.497 e. The Kier molecular flexibility index (Phi) is 2.79. The van der Waals surface area contributed by atoms with Crippen LogP contribution in [0.2, 0.25) is 0 Å². The molecule has 1 amide bonds. The molecule has 0 aliphatic carbocycles. The van der Waals surface area contributed by atoms with E-state index in [0.717, 1.165) is 28.0 Å². The number of carbonyl (C=O) groups excluding carboxylic acids is 1. The lowest BCUT2D eigenvalue weighted by atomic mass is 9.97. The third-order valence-electron chi connectivity index (χ3n) is 2.98. The van der Waals surface area contributed by atoms with E-state index in [1.165, 1.54) is 0 Å². The second-order valence-corrected chi connectivity index (χ2v) is 4.06. The van der Waals surface area contributed by atoms with Crippen LogP contribution >= 0.6 is 0 Å². The zero-order chi connectivity index (χ0) is 12.6. The summed E-state index contributed by atoms with van der Waals surface area (Å²) in [5.74, 6) is 0.720. The summed E-state index contributed by atoms with van der Waals surface area (Å²) >= 11 is 0. The van der Waals surface area contributed by atoms with E-state index < -0.39 is 0 Å². The molecule has 0 spiro atoms. The Morgan fingerprint density at radius 3 is 2.76 bits per heavy atom. The van der Waals surface area contributed by atoms with Crippen molar-refractivity contribution in [3.63, 3.8) is 0 Å². The van der Waals surface area contributed by atoms with Crippen molar-refractivity contribution in [2.24, 2.45) is 5.73 Å². The molecule has 1 aromatic carbocycles. The van der Waals surface area contributed by atoms with Crippen LogP contribution in [0.15, 0.2) is 22.6 Å². The normalized spacial score (nSPS) is 12.6. The standard InChI is InChI=1S/C13H15NO3/c1-7(13(14)15)12-8(2)17-11-5-4-9(16-3)6-10(11)12/h4-7H,1-3H3,(H2,14,15). The first-order valence-electron chi connectivity index (χ1n) is 5.41. The Hall–Kier alpha value is -1.97. The topological polar surface area (TPSA) is 65.5 Å². The summed E-state index contributed by atoms with van der Waals surface area (Å²) in [5, 5.41) is 0.883. The molecule has 0 saturated carbocycles. The van der Waals surface area contributed by atoms with Crippen LogP contribution < -0.4 is 10.5 Å². The molecule has 0 aliphatic rings. The number of aryl methyl sites for hydroxylation is 1. The molecular formula is C13H15NO3. The van der Waals surface area contributed by atoms with E-state index in [0.29, 0.717) is 0 Å². The van der Waals surface area contributed by atoms with Gasteiger partial charge in [-0.3, -0.25) is 4.79 Å². The molecule has 0 radical (unpaired) electrons. The lowest BCUT2D eigenvalue weighted by Gasteiger charge is -2.06. The zero-order valence-electron chi connectivity index (χ0n) is 10.1. The van der Waals surface area contributed by atoms with Crippen LogP contribution in [0, 0.1) is 6.92 Å². The second kappa shape index (κ2) is 4.13. The number of amides is 1. The number of carbonyl (C=O) groups is 1. The lowest BCUT2D eigenvalue weighted by Crippen LogP contribution is -2.19. The van der Waals surface area contributed by atoms with Gasteiger partial charge in [0.05, 0.1) is 13.0 Å².